The lowest BCUT2D eigenvalue weighted by Crippen LogP contribution is -2.36. The van der Waals surface area contributed by atoms with Crippen LogP contribution in [0.3, 0.4) is 0 Å². The van der Waals surface area contributed by atoms with Crippen molar-refractivity contribution in [3.05, 3.63) is 101 Å². The Morgan fingerprint density at radius 2 is 1.48 bits per heavy atom. The number of nitrogens with zero attached hydrogens (tertiary/aromatic N) is 1. The molecule has 27 heavy (non-hydrogen) atoms. The Morgan fingerprint density at radius 3 is 2.33 bits per heavy atom. The van der Waals surface area contributed by atoms with Gasteiger partial charge in [-0.1, -0.05) is 60.7 Å². The lowest BCUT2D eigenvalue weighted by atomic mass is 9.87. The number of para-hydroxylation sites is 1. The second-order valence-corrected chi connectivity index (χ2v) is 7.12. The van der Waals surface area contributed by atoms with Crippen molar-refractivity contribution < 1.29 is 9.47 Å². The Balaban J connectivity index is 1.60. The first kappa shape index (κ1) is 16.5. The Kier molecular flexibility index (Phi) is 4.40. The largest absolute Gasteiger partial charge is 0.360 e. The minimum Gasteiger partial charge on any atom is -0.360 e. The van der Waals surface area contributed by atoms with Gasteiger partial charge in [0.25, 0.3) is 0 Å². The van der Waals surface area contributed by atoms with E-state index in [2.05, 4.69) is 83.8 Å². The van der Waals surface area contributed by atoms with Crippen LogP contribution in [0.25, 0.3) is 0 Å². The molecule has 3 nitrogen and oxygen atoms in total. The van der Waals surface area contributed by atoms with Crippen molar-refractivity contribution in [2.45, 2.75) is 18.8 Å². The van der Waals surface area contributed by atoms with Crippen molar-refractivity contribution in [2.24, 2.45) is 0 Å². The molecule has 2 heterocycles. The van der Waals surface area contributed by atoms with Crippen LogP contribution in [0.5, 0.6) is 0 Å². The minimum absolute atomic E-state index is 0.193. The second-order valence-electron chi connectivity index (χ2n) is 7.12. The Morgan fingerprint density at radius 1 is 0.741 bits per heavy atom. The van der Waals surface area contributed by atoms with E-state index >= 15 is 0 Å². The van der Waals surface area contributed by atoms with Gasteiger partial charge in [0.2, 0.25) is 0 Å². The number of fused-ring (bicyclic) bond motifs is 1. The van der Waals surface area contributed by atoms with Crippen LogP contribution in [-0.2, 0) is 15.9 Å². The minimum atomic E-state index is -0.242. The fourth-order valence-electron chi connectivity index (χ4n) is 4.25. The summed E-state index contributed by atoms with van der Waals surface area (Å²) in [5, 5.41) is 0. The van der Waals surface area contributed by atoms with E-state index < -0.39 is 0 Å². The molecule has 1 unspecified atom stereocenters. The van der Waals surface area contributed by atoms with Gasteiger partial charge in [0.05, 0.1) is 19.3 Å². The molecule has 0 radical (unpaired) electrons. The van der Waals surface area contributed by atoms with Crippen molar-refractivity contribution in [2.75, 3.05) is 24.7 Å². The van der Waals surface area contributed by atoms with Gasteiger partial charge in [-0.15, -0.1) is 0 Å². The third-order valence-corrected chi connectivity index (χ3v) is 5.49. The van der Waals surface area contributed by atoms with Gasteiger partial charge >= 0.3 is 0 Å². The van der Waals surface area contributed by atoms with Gasteiger partial charge in [-0.2, -0.15) is 0 Å². The fourth-order valence-corrected chi connectivity index (χ4v) is 4.25. The molecule has 3 aromatic carbocycles. The van der Waals surface area contributed by atoms with Crippen LogP contribution in [0.2, 0.25) is 0 Å². The van der Waals surface area contributed by atoms with Crippen molar-refractivity contribution >= 4 is 5.69 Å². The maximum absolute atomic E-state index is 5.73. The van der Waals surface area contributed by atoms with E-state index in [1.165, 1.54) is 22.4 Å². The molecule has 0 saturated carbocycles. The van der Waals surface area contributed by atoms with E-state index in [1.54, 1.807) is 0 Å². The maximum atomic E-state index is 5.73. The smallest absolute Gasteiger partial charge is 0.184 e. The molecule has 1 fully saturated rings. The van der Waals surface area contributed by atoms with Gasteiger partial charge in [-0.3, -0.25) is 0 Å². The van der Waals surface area contributed by atoms with Crippen LogP contribution < -0.4 is 4.90 Å². The first-order chi connectivity index (χ1) is 13.4. The molecule has 1 atom stereocenters. The SMILES string of the molecule is c1ccc(N2CCc3ccccc3C2c2cccc(C3OCCO3)c2)cc1. The van der Waals surface area contributed by atoms with Crippen molar-refractivity contribution in [3.63, 3.8) is 0 Å². The topological polar surface area (TPSA) is 21.7 Å². The number of benzene rings is 3. The van der Waals surface area contributed by atoms with E-state index in [1.807, 2.05) is 0 Å². The molecule has 0 amide bonds. The monoisotopic (exact) mass is 357 g/mol. The molecule has 3 heteroatoms. The second kappa shape index (κ2) is 7.18. The molecular formula is C24H23NO2. The highest BCUT2D eigenvalue weighted by Gasteiger charge is 2.29. The summed E-state index contributed by atoms with van der Waals surface area (Å²) in [5.41, 5.74) is 6.46. The summed E-state index contributed by atoms with van der Waals surface area (Å²) >= 11 is 0. The summed E-state index contributed by atoms with van der Waals surface area (Å²) in [6.07, 6.45) is 0.824. The Hall–Kier alpha value is -2.62. The van der Waals surface area contributed by atoms with Gasteiger partial charge in [0.15, 0.2) is 6.29 Å². The summed E-state index contributed by atoms with van der Waals surface area (Å²) in [4.78, 5) is 2.51. The van der Waals surface area contributed by atoms with E-state index in [9.17, 15) is 0 Å². The van der Waals surface area contributed by atoms with E-state index in [0.29, 0.717) is 13.2 Å². The van der Waals surface area contributed by atoms with Crippen LogP contribution in [0.15, 0.2) is 78.9 Å². The third-order valence-electron chi connectivity index (χ3n) is 5.49. The number of anilines is 1. The highest BCUT2D eigenvalue weighted by Crippen LogP contribution is 2.39. The maximum Gasteiger partial charge on any atom is 0.184 e. The average Bonchev–Trinajstić information content (AvgIpc) is 3.29. The predicted octanol–water partition coefficient (Wildman–Crippen LogP) is 4.88. The molecule has 5 rings (SSSR count). The molecule has 0 aliphatic carbocycles. The summed E-state index contributed by atoms with van der Waals surface area (Å²) in [6.45, 7) is 2.33. The van der Waals surface area contributed by atoms with Crippen molar-refractivity contribution in [1.82, 2.24) is 0 Å². The number of ether oxygens (including phenoxy) is 2. The highest BCUT2D eigenvalue weighted by molar-refractivity contribution is 5.56. The normalized spacial score (nSPS) is 19.9. The molecule has 2 aliphatic rings. The Bertz CT molecular complexity index is 918. The van der Waals surface area contributed by atoms with Crippen LogP contribution in [0, 0.1) is 0 Å². The predicted molar refractivity (Wildman–Crippen MR) is 107 cm³/mol. The van der Waals surface area contributed by atoms with E-state index in [4.69, 9.17) is 9.47 Å². The summed E-state index contributed by atoms with van der Waals surface area (Å²) in [5.74, 6) is 0. The number of hydrogen-bond acceptors (Lipinski definition) is 3. The fraction of sp³-hybridized carbons (Fsp3) is 0.250. The van der Waals surface area contributed by atoms with Crippen LogP contribution in [0.4, 0.5) is 5.69 Å². The lowest BCUT2D eigenvalue weighted by Gasteiger charge is -2.39. The summed E-state index contributed by atoms with van der Waals surface area (Å²) in [7, 11) is 0. The molecule has 3 aromatic rings. The quantitative estimate of drug-likeness (QED) is 0.666. The van der Waals surface area contributed by atoms with Crippen molar-refractivity contribution in [3.8, 4) is 0 Å². The zero-order chi connectivity index (χ0) is 18.1. The standard InChI is InChI=1S/C24H23NO2/c1-2-10-21(11-3-1)25-14-13-18-7-4-5-12-22(18)23(25)19-8-6-9-20(17-19)24-26-15-16-27-24/h1-12,17,23-24H,13-16H2. The van der Waals surface area contributed by atoms with E-state index in [-0.39, 0.29) is 12.3 Å². The van der Waals surface area contributed by atoms with Gasteiger partial charge in [0.1, 0.15) is 0 Å². The molecule has 0 N–H and O–H groups in total. The summed E-state index contributed by atoms with van der Waals surface area (Å²) < 4.78 is 11.5. The first-order valence-corrected chi connectivity index (χ1v) is 9.63. The number of rotatable bonds is 3. The lowest BCUT2D eigenvalue weighted by molar-refractivity contribution is -0.0441. The molecule has 0 bridgehead atoms. The van der Waals surface area contributed by atoms with Crippen LogP contribution in [-0.4, -0.2) is 19.8 Å². The first-order valence-electron chi connectivity index (χ1n) is 9.63. The van der Waals surface area contributed by atoms with Gasteiger partial charge < -0.3 is 14.4 Å². The number of hydrogen-bond donors (Lipinski definition) is 0. The Labute approximate surface area is 160 Å². The molecule has 2 aliphatic heterocycles. The van der Waals surface area contributed by atoms with Gasteiger partial charge in [-0.25, -0.2) is 0 Å². The van der Waals surface area contributed by atoms with Gasteiger partial charge in [0, 0.05) is 17.8 Å². The summed E-state index contributed by atoms with van der Waals surface area (Å²) in [6, 6.07) is 28.4. The highest BCUT2D eigenvalue weighted by atomic mass is 16.7. The van der Waals surface area contributed by atoms with E-state index in [0.717, 1.165) is 18.5 Å². The molecule has 136 valence electrons. The molecule has 0 aromatic heterocycles. The van der Waals surface area contributed by atoms with Crippen molar-refractivity contribution in [1.29, 1.82) is 0 Å². The van der Waals surface area contributed by atoms with Crippen LogP contribution in [0.1, 0.15) is 34.6 Å². The zero-order valence-electron chi connectivity index (χ0n) is 15.3. The van der Waals surface area contributed by atoms with Crippen LogP contribution >= 0.6 is 0 Å². The molecule has 0 spiro atoms. The zero-order valence-corrected chi connectivity index (χ0v) is 15.3. The molecule has 1 saturated heterocycles. The average molecular weight is 357 g/mol. The molecular weight excluding hydrogens is 334 g/mol. The third kappa shape index (κ3) is 3.14. The van der Waals surface area contributed by atoms with Gasteiger partial charge in [-0.05, 0) is 41.3 Å².